The molecule has 0 bridgehead atoms. The zero-order valence-corrected chi connectivity index (χ0v) is 13.5. The summed E-state index contributed by atoms with van der Waals surface area (Å²) in [5.41, 5.74) is 0. The van der Waals surface area contributed by atoms with E-state index < -0.39 is 9.84 Å². The van der Waals surface area contributed by atoms with Crippen molar-refractivity contribution in [3.63, 3.8) is 0 Å². The molecule has 6 heteroatoms. The average molecular weight is 315 g/mol. The zero-order chi connectivity index (χ0) is 15.0. The number of nitrogens with one attached hydrogen (secondary N) is 1. The second-order valence-corrected chi connectivity index (χ2v) is 7.78. The number of hydrogen-bond acceptors (Lipinski definition) is 4. The fourth-order valence-electron chi connectivity index (χ4n) is 1.50. The van der Waals surface area contributed by atoms with Gasteiger partial charge in [0.15, 0.2) is 9.84 Å². The molecule has 20 heavy (non-hydrogen) atoms. The topological polar surface area (TPSA) is 63.2 Å². The van der Waals surface area contributed by atoms with E-state index in [-0.39, 0.29) is 17.7 Å². The summed E-state index contributed by atoms with van der Waals surface area (Å²) in [6, 6.07) is 8.55. The maximum absolute atomic E-state index is 12.0. The van der Waals surface area contributed by atoms with E-state index in [1.807, 2.05) is 13.8 Å². The summed E-state index contributed by atoms with van der Waals surface area (Å²) in [5.74, 6) is 0.736. The SMILES string of the molecule is CC[C@@H](C)NC(=O)CSCCS(=O)(=O)c1ccccc1. The summed E-state index contributed by atoms with van der Waals surface area (Å²) in [6.45, 7) is 3.95. The molecule has 0 spiro atoms. The largest absolute Gasteiger partial charge is 0.353 e. The van der Waals surface area contributed by atoms with Crippen molar-refractivity contribution in [2.75, 3.05) is 17.3 Å². The van der Waals surface area contributed by atoms with Crippen LogP contribution in [0, 0.1) is 0 Å². The number of carbonyl (C=O) groups excluding carboxylic acids is 1. The van der Waals surface area contributed by atoms with E-state index in [4.69, 9.17) is 0 Å². The van der Waals surface area contributed by atoms with Crippen molar-refractivity contribution in [1.82, 2.24) is 5.32 Å². The summed E-state index contributed by atoms with van der Waals surface area (Å²) < 4.78 is 24.0. The van der Waals surface area contributed by atoms with E-state index in [2.05, 4.69) is 5.32 Å². The predicted octanol–water partition coefficient (Wildman–Crippen LogP) is 2.11. The van der Waals surface area contributed by atoms with Gasteiger partial charge in [-0.25, -0.2) is 8.42 Å². The highest BCUT2D eigenvalue weighted by Gasteiger charge is 2.14. The molecule has 0 saturated heterocycles. The van der Waals surface area contributed by atoms with E-state index in [9.17, 15) is 13.2 Å². The molecule has 0 saturated carbocycles. The molecule has 0 heterocycles. The van der Waals surface area contributed by atoms with Crippen molar-refractivity contribution in [2.45, 2.75) is 31.2 Å². The number of rotatable bonds is 8. The van der Waals surface area contributed by atoms with Gasteiger partial charge < -0.3 is 5.32 Å². The minimum absolute atomic E-state index is 0.0403. The molecular weight excluding hydrogens is 294 g/mol. The third-order valence-corrected chi connectivity index (χ3v) is 5.80. The van der Waals surface area contributed by atoms with E-state index in [0.717, 1.165) is 6.42 Å². The van der Waals surface area contributed by atoms with Crippen molar-refractivity contribution in [1.29, 1.82) is 0 Å². The highest BCUT2D eigenvalue weighted by Crippen LogP contribution is 2.12. The molecule has 0 radical (unpaired) electrons. The summed E-state index contributed by atoms with van der Waals surface area (Å²) in [7, 11) is -3.24. The van der Waals surface area contributed by atoms with Crippen LogP contribution in [0.1, 0.15) is 20.3 Å². The minimum Gasteiger partial charge on any atom is -0.353 e. The van der Waals surface area contributed by atoms with Gasteiger partial charge in [-0.2, -0.15) is 11.8 Å². The number of benzene rings is 1. The van der Waals surface area contributed by atoms with Gasteiger partial charge in [0, 0.05) is 11.8 Å². The van der Waals surface area contributed by atoms with Crippen molar-refractivity contribution in [3.8, 4) is 0 Å². The monoisotopic (exact) mass is 315 g/mol. The number of hydrogen-bond donors (Lipinski definition) is 1. The van der Waals surface area contributed by atoms with Gasteiger partial charge >= 0.3 is 0 Å². The van der Waals surface area contributed by atoms with Gasteiger partial charge in [-0.05, 0) is 25.5 Å². The maximum Gasteiger partial charge on any atom is 0.230 e. The van der Waals surface area contributed by atoms with Crippen LogP contribution >= 0.6 is 11.8 Å². The normalized spacial score (nSPS) is 12.9. The van der Waals surface area contributed by atoms with Gasteiger partial charge in [0.1, 0.15) is 0 Å². The second kappa shape index (κ2) is 8.32. The molecule has 1 rings (SSSR count). The van der Waals surface area contributed by atoms with Crippen LogP contribution in [0.25, 0.3) is 0 Å². The van der Waals surface area contributed by atoms with E-state index in [1.54, 1.807) is 30.3 Å². The zero-order valence-electron chi connectivity index (χ0n) is 11.8. The lowest BCUT2D eigenvalue weighted by Crippen LogP contribution is -2.33. The molecular formula is C14H21NO3S2. The van der Waals surface area contributed by atoms with Gasteiger partial charge in [0.2, 0.25) is 5.91 Å². The molecule has 0 aromatic heterocycles. The fourth-order valence-corrected chi connectivity index (χ4v) is 4.07. The van der Waals surface area contributed by atoms with Crippen molar-refractivity contribution in [3.05, 3.63) is 30.3 Å². The Labute approximate surface area is 125 Å². The van der Waals surface area contributed by atoms with Crippen molar-refractivity contribution >= 4 is 27.5 Å². The lowest BCUT2D eigenvalue weighted by Gasteiger charge is -2.10. The Bertz CT molecular complexity index is 514. The summed E-state index contributed by atoms with van der Waals surface area (Å²) in [6.07, 6.45) is 0.888. The van der Waals surface area contributed by atoms with Crippen LogP contribution < -0.4 is 5.32 Å². The Morgan fingerprint density at radius 1 is 1.30 bits per heavy atom. The van der Waals surface area contributed by atoms with Crippen LogP contribution in [-0.2, 0) is 14.6 Å². The molecule has 0 unspecified atom stereocenters. The first-order valence-electron chi connectivity index (χ1n) is 6.60. The molecule has 1 aromatic carbocycles. The third kappa shape index (κ3) is 5.96. The Morgan fingerprint density at radius 3 is 2.55 bits per heavy atom. The molecule has 0 aliphatic carbocycles. The first kappa shape index (κ1) is 17.0. The molecule has 1 N–H and O–H groups in total. The Kier molecular flexibility index (Phi) is 7.09. The Morgan fingerprint density at radius 2 is 1.95 bits per heavy atom. The molecule has 1 amide bonds. The number of sulfone groups is 1. The van der Waals surface area contributed by atoms with E-state index in [1.165, 1.54) is 11.8 Å². The molecule has 0 fully saturated rings. The highest BCUT2D eigenvalue weighted by atomic mass is 32.2. The molecule has 4 nitrogen and oxygen atoms in total. The van der Waals surface area contributed by atoms with Gasteiger partial charge in [-0.3, -0.25) is 4.79 Å². The summed E-state index contributed by atoms with van der Waals surface area (Å²) in [4.78, 5) is 11.9. The first-order valence-corrected chi connectivity index (χ1v) is 9.41. The fraction of sp³-hybridized carbons (Fsp3) is 0.500. The highest BCUT2D eigenvalue weighted by molar-refractivity contribution is 8.01. The van der Waals surface area contributed by atoms with Crippen molar-refractivity contribution in [2.24, 2.45) is 0 Å². The van der Waals surface area contributed by atoms with Gasteiger partial charge in [0.25, 0.3) is 0 Å². The summed E-state index contributed by atoms with van der Waals surface area (Å²) in [5, 5.41) is 2.85. The molecule has 112 valence electrons. The summed E-state index contributed by atoms with van der Waals surface area (Å²) >= 11 is 1.34. The van der Waals surface area contributed by atoms with Crippen LogP contribution in [0.4, 0.5) is 0 Å². The second-order valence-electron chi connectivity index (χ2n) is 4.56. The van der Waals surface area contributed by atoms with Crippen LogP contribution in [0.5, 0.6) is 0 Å². The Balaban J connectivity index is 2.33. The average Bonchev–Trinajstić information content (AvgIpc) is 2.44. The maximum atomic E-state index is 12.0. The van der Waals surface area contributed by atoms with E-state index >= 15 is 0 Å². The molecule has 0 aliphatic rings. The smallest absolute Gasteiger partial charge is 0.230 e. The Hall–Kier alpha value is -1.01. The number of amides is 1. The molecule has 0 aliphatic heterocycles. The van der Waals surface area contributed by atoms with Gasteiger partial charge in [-0.15, -0.1) is 0 Å². The van der Waals surface area contributed by atoms with Crippen LogP contribution in [0.3, 0.4) is 0 Å². The van der Waals surface area contributed by atoms with Crippen LogP contribution in [0.15, 0.2) is 35.2 Å². The number of thioether (sulfide) groups is 1. The predicted molar refractivity (Wildman–Crippen MR) is 83.7 cm³/mol. The first-order chi connectivity index (χ1) is 9.45. The van der Waals surface area contributed by atoms with Crippen LogP contribution in [-0.4, -0.2) is 37.6 Å². The van der Waals surface area contributed by atoms with Crippen molar-refractivity contribution < 1.29 is 13.2 Å². The molecule has 1 atom stereocenters. The lowest BCUT2D eigenvalue weighted by atomic mass is 10.3. The lowest BCUT2D eigenvalue weighted by molar-refractivity contribution is -0.119. The minimum atomic E-state index is -3.24. The van der Waals surface area contributed by atoms with E-state index in [0.29, 0.717) is 16.4 Å². The quantitative estimate of drug-likeness (QED) is 0.746. The van der Waals surface area contributed by atoms with Gasteiger partial charge in [-0.1, -0.05) is 25.1 Å². The standard InChI is InChI=1S/C14H21NO3S2/c1-3-12(2)15-14(16)11-19-9-10-20(17,18)13-7-5-4-6-8-13/h4-8,12H,3,9-11H2,1-2H3,(H,15,16)/t12-/m1/s1. The number of carbonyl (C=O) groups is 1. The molecule has 1 aromatic rings. The third-order valence-electron chi connectivity index (χ3n) is 2.85. The van der Waals surface area contributed by atoms with Crippen LogP contribution in [0.2, 0.25) is 0 Å². The van der Waals surface area contributed by atoms with Gasteiger partial charge in [0.05, 0.1) is 16.4 Å².